The van der Waals surface area contributed by atoms with Crippen molar-refractivity contribution in [2.24, 2.45) is 17.6 Å². The SMILES string of the molecule is CC(C)n1c(CNC(=O)[C@@H]2CCC[C@@H]2CN)nc2ccccc21. The largest absolute Gasteiger partial charge is 0.349 e. The molecule has 1 aromatic carbocycles. The average molecular weight is 314 g/mol. The summed E-state index contributed by atoms with van der Waals surface area (Å²) < 4.78 is 2.20. The van der Waals surface area contributed by atoms with E-state index in [0.29, 0.717) is 25.0 Å². The average Bonchev–Trinajstić information content (AvgIpc) is 3.16. The molecular formula is C18H26N4O. The Kier molecular flexibility index (Phi) is 4.66. The molecule has 3 N–H and O–H groups in total. The maximum atomic E-state index is 12.5. The Morgan fingerprint density at radius 2 is 2.17 bits per heavy atom. The second kappa shape index (κ2) is 6.71. The minimum Gasteiger partial charge on any atom is -0.349 e. The van der Waals surface area contributed by atoms with Crippen LogP contribution in [0.25, 0.3) is 11.0 Å². The first-order valence-corrected chi connectivity index (χ1v) is 8.55. The molecule has 5 heteroatoms. The second-order valence-corrected chi connectivity index (χ2v) is 6.73. The summed E-state index contributed by atoms with van der Waals surface area (Å²) in [5.41, 5.74) is 7.88. The van der Waals surface area contributed by atoms with E-state index in [1.54, 1.807) is 0 Å². The molecule has 1 saturated carbocycles. The van der Waals surface area contributed by atoms with Crippen molar-refractivity contribution in [1.82, 2.24) is 14.9 Å². The normalized spacial score (nSPS) is 21.2. The summed E-state index contributed by atoms with van der Waals surface area (Å²) in [6.45, 7) is 5.35. The van der Waals surface area contributed by atoms with Crippen LogP contribution in [-0.4, -0.2) is 22.0 Å². The number of nitrogens with one attached hydrogen (secondary N) is 1. The van der Waals surface area contributed by atoms with E-state index in [-0.39, 0.29) is 11.8 Å². The van der Waals surface area contributed by atoms with E-state index in [2.05, 4.69) is 29.8 Å². The van der Waals surface area contributed by atoms with Crippen molar-refractivity contribution in [1.29, 1.82) is 0 Å². The van der Waals surface area contributed by atoms with Gasteiger partial charge in [-0.3, -0.25) is 4.79 Å². The maximum absolute atomic E-state index is 12.5. The molecule has 0 unspecified atom stereocenters. The van der Waals surface area contributed by atoms with Gasteiger partial charge in [-0.2, -0.15) is 0 Å². The summed E-state index contributed by atoms with van der Waals surface area (Å²) in [6, 6.07) is 8.41. The molecule has 0 aliphatic heterocycles. The first kappa shape index (κ1) is 16.0. The standard InChI is InChI=1S/C18H26N4O/c1-12(2)22-16-9-4-3-8-15(16)21-17(22)11-20-18(23)14-7-5-6-13(14)10-19/h3-4,8-9,12-14H,5-7,10-11,19H2,1-2H3,(H,20,23)/t13-,14-/m1/s1. The fourth-order valence-electron chi connectivity index (χ4n) is 3.76. The molecule has 1 amide bonds. The third-order valence-corrected chi connectivity index (χ3v) is 4.90. The van der Waals surface area contributed by atoms with Gasteiger partial charge in [0.1, 0.15) is 5.82 Å². The molecule has 2 atom stereocenters. The third-order valence-electron chi connectivity index (χ3n) is 4.90. The summed E-state index contributed by atoms with van der Waals surface area (Å²) >= 11 is 0. The lowest BCUT2D eigenvalue weighted by Crippen LogP contribution is -2.35. The molecule has 2 aromatic rings. The van der Waals surface area contributed by atoms with Crippen molar-refractivity contribution < 1.29 is 4.79 Å². The van der Waals surface area contributed by atoms with Crippen LogP contribution in [0, 0.1) is 11.8 Å². The highest BCUT2D eigenvalue weighted by molar-refractivity contribution is 5.79. The number of benzene rings is 1. The molecule has 0 saturated heterocycles. The number of para-hydroxylation sites is 2. The van der Waals surface area contributed by atoms with Gasteiger partial charge in [0.05, 0.1) is 17.6 Å². The van der Waals surface area contributed by atoms with E-state index in [9.17, 15) is 4.79 Å². The van der Waals surface area contributed by atoms with E-state index in [1.807, 2.05) is 18.2 Å². The van der Waals surface area contributed by atoms with E-state index >= 15 is 0 Å². The van der Waals surface area contributed by atoms with Gasteiger partial charge in [-0.05, 0) is 51.3 Å². The fourth-order valence-corrected chi connectivity index (χ4v) is 3.76. The topological polar surface area (TPSA) is 72.9 Å². The van der Waals surface area contributed by atoms with Gasteiger partial charge in [0.15, 0.2) is 0 Å². The van der Waals surface area contributed by atoms with Crippen LogP contribution in [0.15, 0.2) is 24.3 Å². The van der Waals surface area contributed by atoms with Gasteiger partial charge < -0.3 is 15.6 Å². The minimum absolute atomic E-state index is 0.0666. The minimum atomic E-state index is 0.0666. The first-order chi connectivity index (χ1) is 11.1. The Hall–Kier alpha value is -1.88. The van der Waals surface area contributed by atoms with Gasteiger partial charge in [-0.15, -0.1) is 0 Å². The number of imidazole rings is 1. The highest BCUT2D eigenvalue weighted by atomic mass is 16.1. The lowest BCUT2D eigenvalue weighted by atomic mass is 9.95. The number of amides is 1. The van der Waals surface area contributed by atoms with Crippen LogP contribution < -0.4 is 11.1 Å². The molecular weight excluding hydrogens is 288 g/mol. The third kappa shape index (κ3) is 3.11. The van der Waals surface area contributed by atoms with Gasteiger partial charge in [0, 0.05) is 12.0 Å². The lowest BCUT2D eigenvalue weighted by Gasteiger charge is -2.18. The van der Waals surface area contributed by atoms with Crippen molar-refractivity contribution >= 4 is 16.9 Å². The molecule has 1 aliphatic carbocycles. The zero-order chi connectivity index (χ0) is 16.4. The van der Waals surface area contributed by atoms with Crippen molar-refractivity contribution in [2.45, 2.75) is 45.7 Å². The van der Waals surface area contributed by atoms with Gasteiger partial charge in [-0.1, -0.05) is 18.6 Å². The van der Waals surface area contributed by atoms with Crippen molar-refractivity contribution in [3.05, 3.63) is 30.1 Å². The monoisotopic (exact) mass is 314 g/mol. The Morgan fingerprint density at radius 3 is 2.91 bits per heavy atom. The predicted octanol–water partition coefficient (Wildman–Crippen LogP) is 2.61. The number of fused-ring (bicyclic) bond motifs is 1. The molecule has 1 aliphatic rings. The summed E-state index contributed by atoms with van der Waals surface area (Å²) in [7, 11) is 0. The molecule has 23 heavy (non-hydrogen) atoms. The van der Waals surface area contributed by atoms with Crippen LogP contribution in [0.5, 0.6) is 0 Å². The number of nitrogens with zero attached hydrogens (tertiary/aromatic N) is 2. The van der Waals surface area contributed by atoms with E-state index in [1.165, 1.54) is 0 Å². The zero-order valence-corrected chi connectivity index (χ0v) is 14.0. The molecule has 5 nitrogen and oxygen atoms in total. The summed E-state index contributed by atoms with van der Waals surface area (Å²) in [5.74, 6) is 1.44. The van der Waals surface area contributed by atoms with Gasteiger partial charge in [0.25, 0.3) is 0 Å². The van der Waals surface area contributed by atoms with Gasteiger partial charge in [-0.25, -0.2) is 4.98 Å². The molecule has 1 aromatic heterocycles. The zero-order valence-electron chi connectivity index (χ0n) is 14.0. The Labute approximate surface area is 137 Å². The van der Waals surface area contributed by atoms with Crippen molar-refractivity contribution in [3.63, 3.8) is 0 Å². The van der Waals surface area contributed by atoms with Gasteiger partial charge >= 0.3 is 0 Å². The number of hydrogen-bond donors (Lipinski definition) is 2. The molecule has 0 spiro atoms. The lowest BCUT2D eigenvalue weighted by molar-refractivity contribution is -0.126. The van der Waals surface area contributed by atoms with Gasteiger partial charge in [0.2, 0.25) is 5.91 Å². The molecule has 0 radical (unpaired) electrons. The van der Waals surface area contributed by atoms with Crippen molar-refractivity contribution in [3.8, 4) is 0 Å². The molecule has 0 bridgehead atoms. The Bertz CT molecular complexity index is 691. The van der Waals surface area contributed by atoms with E-state index in [4.69, 9.17) is 10.7 Å². The number of aromatic nitrogens is 2. The van der Waals surface area contributed by atoms with Crippen LogP contribution >= 0.6 is 0 Å². The molecule has 3 rings (SSSR count). The Morgan fingerprint density at radius 1 is 1.39 bits per heavy atom. The smallest absolute Gasteiger partial charge is 0.223 e. The summed E-state index contributed by atoms with van der Waals surface area (Å²) in [5, 5.41) is 3.08. The summed E-state index contributed by atoms with van der Waals surface area (Å²) in [6.07, 6.45) is 3.12. The van der Waals surface area contributed by atoms with E-state index in [0.717, 1.165) is 36.1 Å². The first-order valence-electron chi connectivity index (χ1n) is 8.55. The number of rotatable bonds is 5. The van der Waals surface area contributed by atoms with Crippen LogP contribution in [0.4, 0.5) is 0 Å². The van der Waals surface area contributed by atoms with Crippen LogP contribution in [-0.2, 0) is 11.3 Å². The number of carbonyl (C=O) groups excluding carboxylic acids is 1. The quantitative estimate of drug-likeness (QED) is 0.891. The molecule has 124 valence electrons. The second-order valence-electron chi connectivity index (χ2n) is 6.73. The van der Waals surface area contributed by atoms with Crippen LogP contribution in [0.1, 0.15) is 45.0 Å². The van der Waals surface area contributed by atoms with Crippen molar-refractivity contribution in [2.75, 3.05) is 6.54 Å². The van der Waals surface area contributed by atoms with Crippen LogP contribution in [0.3, 0.4) is 0 Å². The highest BCUT2D eigenvalue weighted by Crippen LogP contribution is 2.31. The molecule has 1 heterocycles. The predicted molar refractivity (Wildman–Crippen MR) is 91.9 cm³/mol. The van der Waals surface area contributed by atoms with E-state index < -0.39 is 0 Å². The fraction of sp³-hybridized carbons (Fsp3) is 0.556. The molecule has 1 fully saturated rings. The summed E-state index contributed by atoms with van der Waals surface area (Å²) in [4.78, 5) is 17.2. The number of nitrogens with two attached hydrogens (primary N) is 1. The van der Waals surface area contributed by atoms with Crippen LogP contribution in [0.2, 0.25) is 0 Å². The maximum Gasteiger partial charge on any atom is 0.223 e. The number of hydrogen-bond acceptors (Lipinski definition) is 3. The number of carbonyl (C=O) groups is 1. The highest BCUT2D eigenvalue weighted by Gasteiger charge is 2.31. The Balaban J connectivity index is 1.76.